The van der Waals surface area contributed by atoms with Crippen LogP contribution in [0, 0.1) is 45.8 Å². The van der Waals surface area contributed by atoms with Crippen molar-refractivity contribution < 1.29 is 24.2 Å². The van der Waals surface area contributed by atoms with Gasteiger partial charge in [0.25, 0.3) is 0 Å². The third-order valence-corrected chi connectivity index (χ3v) is 10.1. The van der Waals surface area contributed by atoms with Crippen molar-refractivity contribution in [3.05, 3.63) is 11.6 Å². The lowest BCUT2D eigenvalue weighted by Crippen LogP contribution is -2.65. The molecule has 0 spiro atoms. The van der Waals surface area contributed by atoms with Gasteiger partial charge in [-0.15, -0.1) is 0 Å². The Morgan fingerprint density at radius 3 is 2.45 bits per heavy atom. The quantitative estimate of drug-likeness (QED) is 0.387. The fourth-order valence-electron chi connectivity index (χ4n) is 9.00. The number of carbonyl (C=O) groups is 3. The SMILES string of the molecule is CC(C)C1=CC2C[C@]3(C=O)[C@@H]4CC[C@@H](C)[C@H]4CC2(C(=O)OC2CCCCC2)[C@]13C(=O)O. The van der Waals surface area contributed by atoms with Gasteiger partial charge in [0.15, 0.2) is 0 Å². The van der Waals surface area contributed by atoms with Crippen LogP contribution >= 0.6 is 0 Å². The van der Waals surface area contributed by atoms with Gasteiger partial charge in [-0.25, -0.2) is 0 Å². The van der Waals surface area contributed by atoms with Gasteiger partial charge >= 0.3 is 11.9 Å². The van der Waals surface area contributed by atoms with Crippen molar-refractivity contribution in [3.63, 3.8) is 0 Å². The number of hydrogen-bond acceptors (Lipinski definition) is 4. The van der Waals surface area contributed by atoms with Crippen molar-refractivity contribution in [1.82, 2.24) is 0 Å². The van der Waals surface area contributed by atoms with Crippen LogP contribution < -0.4 is 0 Å². The van der Waals surface area contributed by atoms with E-state index < -0.39 is 22.2 Å². The van der Waals surface area contributed by atoms with Crippen molar-refractivity contribution in [2.45, 2.75) is 84.7 Å². The molecule has 4 bridgehead atoms. The Morgan fingerprint density at radius 2 is 1.84 bits per heavy atom. The van der Waals surface area contributed by atoms with Crippen molar-refractivity contribution in [2.75, 3.05) is 0 Å². The molecule has 31 heavy (non-hydrogen) atoms. The van der Waals surface area contributed by atoms with Gasteiger partial charge in [-0.2, -0.15) is 0 Å². The van der Waals surface area contributed by atoms with E-state index in [9.17, 15) is 19.5 Å². The van der Waals surface area contributed by atoms with E-state index >= 15 is 0 Å². The molecule has 5 aliphatic rings. The second kappa shape index (κ2) is 6.92. The first kappa shape index (κ1) is 21.2. The van der Waals surface area contributed by atoms with Gasteiger partial charge in [0.05, 0.1) is 10.8 Å². The van der Waals surface area contributed by atoms with E-state index in [4.69, 9.17) is 4.74 Å². The molecule has 4 fully saturated rings. The van der Waals surface area contributed by atoms with E-state index in [1.807, 2.05) is 13.8 Å². The number of aliphatic carboxylic acids is 1. The normalized spacial score (nSPS) is 46.0. The summed E-state index contributed by atoms with van der Waals surface area (Å²) in [5.41, 5.74) is -2.81. The second-order valence-electron chi connectivity index (χ2n) is 11.5. The number of rotatable bonds is 5. The van der Waals surface area contributed by atoms with E-state index in [2.05, 4.69) is 13.0 Å². The lowest BCUT2D eigenvalue weighted by Gasteiger charge is -2.57. The summed E-state index contributed by atoms with van der Waals surface area (Å²) >= 11 is 0. The van der Waals surface area contributed by atoms with E-state index in [1.54, 1.807) is 0 Å². The zero-order valence-electron chi connectivity index (χ0n) is 19.1. The minimum absolute atomic E-state index is 0.0297. The van der Waals surface area contributed by atoms with Crippen LogP contribution in [0.2, 0.25) is 0 Å². The van der Waals surface area contributed by atoms with Gasteiger partial charge in [0.1, 0.15) is 17.8 Å². The largest absolute Gasteiger partial charge is 0.481 e. The summed E-state index contributed by atoms with van der Waals surface area (Å²) in [6, 6.07) is 0. The monoisotopic (exact) mass is 428 g/mol. The van der Waals surface area contributed by atoms with Crippen LogP contribution in [0.3, 0.4) is 0 Å². The number of fused-ring (bicyclic) bond motifs is 2. The molecular formula is C26H36O5. The molecule has 5 nitrogen and oxygen atoms in total. The zero-order valence-corrected chi connectivity index (χ0v) is 19.1. The Hall–Kier alpha value is -1.65. The van der Waals surface area contributed by atoms with Crippen molar-refractivity contribution >= 4 is 18.2 Å². The number of esters is 1. The molecule has 4 saturated carbocycles. The van der Waals surface area contributed by atoms with E-state index in [-0.39, 0.29) is 35.7 Å². The van der Waals surface area contributed by atoms with Crippen molar-refractivity contribution in [1.29, 1.82) is 0 Å². The molecule has 0 aliphatic heterocycles. The summed E-state index contributed by atoms with van der Waals surface area (Å²) in [6.07, 6.45) is 10.8. The van der Waals surface area contributed by atoms with Crippen molar-refractivity contribution in [3.8, 4) is 0 Å². The maximum absolute atomic E-state index is 14.1. The average Bonchev–Trinajstić information content (AvgIpc) is 3.32. The summed E-state index contributed by atoms with van der Waals surface area (Å²) in [7, 11) is 0. The third kappa shape index (κ3) is 2.31. The summed E-state index contributed by atoms with van der Waals surface area (Å²) in [5.74, 6) is -0.922. The van der Waals surface area contributed by atoms with Gasteiger partial charge in [0, 0.05) is 0 Å². The van der Waals surface area contributed by atoms with E-state index in [0.29, 0.717) is 18.8 Å². The molecule has 0 heterocycles. The molecule has 0 aromatic carbocycles. The predicted molar refractivity (Wildman–Crippen MR) is 115 cm³/mol. The Morgan fingerprint density at radius 1 is 1.13 bits per heavy atom. The third-order valence-electron chi connectivity index (χ3n) is 10.1. The van der Waals surface area contributed by atoms with Crippen LogP contribution in [0.15, 0.2) is 11.6 Å². The molecule has 2 unspecified atom stereocenters. The highest BCUT2D eigenvalue weighted by molar-refractivity contribution is 5.98. The Bertz CT molecular complexity index is 839. The number of ether oxygens (including phenoxy) is 1. The highest BCUT2D eigenvalue weighted by atomic mass is 16.5. The second-order valence-corrected chi connectivity index (χ2v) is 11.5. The summed E-state index contributed by atoms with van der Waals surface area (Å²) < 4.78 is 6.16. The summed E-state index contributed by atoms with van der Waals surface area (Å²) in [5, 5.41) is 10.9. The Balaban J connectivity index is 1.69. The number of carbonyl (C=O) groups excluding carboxylic acids is 2. The lowest BCUT2D eigenvalue weighted by atomic mass is 9.42. The molecule has 1 N–H and O–H groups in total. The van der Waals surface area contributed by atoms with Crippen LogP contribution in [-0.4, -0.2) is 29.4 Å². The van der Waals surface area contributed by atoms with E-state index in [1.165, 1.54) is 0 Å². The molecular weight excluding hydrogens is 392 g/mol. The minimum atomic E-state index is -1.46. The van der Waals surface area contributed by atoms with E-state index in [0.717, 1.165) is 56.8 Å². The molecule has 0 saturated heterocycles. The van der Waals surface area contributed by atoms with Crippen LogP contribution in [-0.2, 0) is 19.1 Å². The Kier molecular flexibility index (Phi) is 4.74. The smallest absolute Gasteiger partial charge is 0.316 e. The Labute approximate surface area is 185 Å². The fourth-order valence-corrected chi connectivity index (χ4v) is 9.00. The first-order valence-electron chi connectivity index (χ1n) is 12.4. The van der Waals surface area contributed by atoms with Crippen LogP contribution in [0.25, 0.3) is 0 Å². The number of hydrogen-bond donors (Lipinski definition) is 1. The summed E-state index contributed by atoms with van der Waals surface area (Å²) in [4.78, 5) is 40.4. The topological polar surface area (TPSA) is 80.7 Å². The average molecular weight is 429 g/mol. The molecule has 0 amide bonds. The standard InChI is InChI=1S/C26H36O5/c1-15(2)21-11-17-12-24(14-27)20-10-9-16(3)19(20)13-25(17,26(21,24)22(28)29)23(30)31-18-7-5-4-6-8-18/h11,14-20H,4-10,12-13H2,1-3H3,(H,28,29)/t16-,17?,19-,20-,24+,25?,26+/m1/s1. The highest BCUT2D eigenvalue weighted by Gasteiger charge is 2.87. The van der Waals surface area contributed by atoms with Gasteiger partial charge in [-0.3, -0.25) is 9.59 Å². The molecule has 7 atom stereocenters. The first-order valence-corrected chi connectivity index (χ1v) is 12.4. The maximum atomic E-state index is 14.1. The molecule has 5 aliphatic carbocycles. The molecule has 170 valence electrons. The number of allylic oxidation sites excluding steroid dienone is 1. The first-order chi connectivity index (χ1) is 14.8. The molecule has 0 aromatic heterocycles. The lowest BCUT2D eigenvalue weighted by molar-refractivity contribution is -0.198. The van der Waals surface area contributed by atoms with Gasteiger partial charge < -0.3 is 14.6 Å². The number of carboxylic acids is 1. The van der Waals surface area contributed by atoms with Gasteiger partial charge in [-0.05, 0) is 74.5 Å². The number of aldehydes is 1. The number of carboxylic acid groups (broad SMARTS) is 1. The van der Waals surface area contributed by atoms with Crippen molar-refractivity contribution in [2.24, 2.45) is 45.8 Å². The molecule has 0 aromatic rings. The predicted octanol–water partition coefficient (Wildman–Crippen LogP) is 4.79. The minimum Gasteiger partial charge on any atom is -0.481 e. The zero-order chi connectivity index (χ0) is 22.2. The molecule has 5 heteroatoms. The summed E-state index contributed by atoms with van der Waals surface area (Å²) in [6.45, 7) is 6.21. The molecule has 5 rings (SSSR count). The fraction of sp³-hybridized carbons (Fsp3) is 0.808. The van der Waals surface area contributed by atoms with Gasteiger partial charge in [0.2, 0.25) is 0 Å². The van der Waals surface area contributed by atoms with Gasteiger partial charge in [-0.1, -0.05) is 45.3 Å². The molecule has 0 radical (unpaired) electrons. The maximum Gasteiger partial charge on any atom is 0.316 e. The van der Waals surface area contributed by atoms with Crippen LogP contribution in [0.4, 0.5) is 0 Å². The van der Waals surface area contributed by atoms with Crippen LogP contribution in [0.5, 0.6) is 0 Å². The highest BCUT2D eigenvalue weighted by Crippen LogP contribution is 2.82. The van der Waals surface area contributed by atoms with Crippen LogP contribution in [0.1, 0.15) is 78.6 Å².